The highest BCUT2D eigenvalue weighted by molar-refractivity contribution is 5.27. The van der Waals surface area contributed by atoms with E-state index in [9.17, 15) is 0 Å². The van der Waals surface area contributed by atoms with E-state index < -0.39 is 0 Å². The maximum Gasteiger partial charge on any atom is 0.0911 e. The highest BCUT2D eigenvalue weighted by Crippen LogP contribution is 2.42. The normalized spacial score (nSPS) is 26.4. The molecule has 1 unspecified atom stereocenters. The van der Waals surface area contributed by atoms with Gasteiger partial charge in [0.1, 0.15) is 0 Å². The summed E-state index contributed by atoms with van der Waals surface area (Å²) in [5, 5.41) is 3.31. The topological polar surface area (TPSA) is 15.3 Å². The molecular formula is C22H38N3+. The molecule has 1 aliphatic heterocycles. The third-order valence-corrected chi connectivity index (χ3v) is 6.66. The fourth-order valence-corrected chi connectivity index (χ4v) is 4.63. The molecular weight excluding hydrogens is 306 g/mol. The number of benzene rings is 1. The summed E-state index contributed by atoms with van der Waals surface area (Å²) in [5.41, 5.74) is 3.06. The standard InChI is InChI=1S/C22H38N3/c1-4-25(3,14-11-23-2)18-20-15-22(16-20)21-9-7-19(8-10-21)17-24-12-5-6-13-24/h7-10,20,22-23H,4-6,11-18H2,1-3H3/q+1. The van der Waals surface area contributed by atoms with E-state index in [1.165, 1.54) is 68.5 Å². The minimum atomic E-state index is 0.806. The van der Waals surface area contributed by atoms with Crippen LogP contribution >= 0.6 is 0 Å². The second-order valence-corrected chi connectivity index (χ2v) is 8.70. The number of hydrogen-bond donors (Lipinski definition) is 1. The zero-order valence-electron chi connectivity index (χ0n) is 16.6. The molecule has 1 heterocycles. The van der Waals surface area contributed by atoms with E-state index in [4.69, 9.17) is 0 Å². The van der Waals surface area contributed by atoms with E-state index in [0.29, 0.717) is 0 Å². The molecule has 0 spiro atoms. The molecule has 2 aliphatic rings. The van der Waals surface area contributed by atoms with Crippen molar-refractivity contribution in [2.45, 2.75) is 45.1 Å². The van der Waals surface area contributed by atoms with Crippen LogP contribution in [0.2, 0.25) is 0 Å². The van der Waals surface area contributed by atoms with E-state index in [-0.39, 0.29) is 0 Å². The maximum absolute atomic E-state index is 3.31. The molecule has 3 heteroatoms. The Hall–Kier alpha value is -0.900. The summed E-state index contributed by atoms with van der Waals surface area (Å²) >= 11 is 0. The van der Waals surface area contributed by atoms with Gasteiger partial charge in [-0.1, -0.05) is 24.3 Å². The van der Waals surface area contributed by atoms with Crippen LogP contribution in [-0.2, 0) is 6.54 Å². The zero-order chi connectivity index (χ0) is 17.7. The van der Waals surface area contributed by atoms with Gasteiger partial charge in [-0.15, -0.1) is 0 Å². The van der Waals surface area contributed by atoms with Gasteiger partial charge in [-0.25, -0.2) is 0 Å². The number of quaternary nitrogens is 1. The molecule has 1 saturated carbocycles. The van der Waals surface area contributed by atoms with Gasteiger partial charge in [0.05, 0.1) is 26.7 Å². The first-order valence-corrected chi connectivity index (χ1v) is 10.4. The van der Waals surface area contributed by atoms with Crippen LogP contribution in [0.15, 0.2) is 24.3 Å². The molecule has 3 nitrogen and oxygen atoms in total. The van der Waals surface area contributed by atoms with Gasteiger partial charge in [0.25, 0.3) is 0 Å². The maximum atomic E-state index is 3.31. The van der Waals surface area contributed by atoms with E-state index in [1.54, 1.807) is 5.56 Å². The van der Waals surface area contributed by atoms with Gasteiger partial charge in [-0.05, 0) is 69.8 Å². The van der Waals surface area contributed by atoms with Gasteiger partial charge in [-0.3, -0.25) is 4.90 Å². The smallest absolute Gasteiger partial charge is 0.0911 e. The Morgan fingerprint density at radius 3 is 2.40 bits per heavy atom. The minimum absolute atomic E-state index is 0.806. The predicted molar refractivity (Wildman–Crippen MR) is 107 cm³/mol. The molecule has 1 aromatic rings. The van der Waals surface area contributed by atoms with Crippen molar-refractivity contribution in [1.29, 1.82) is 0 Å². The van der Waals surface area contributed by atoms with Crippen molar-refractivity contribution < 1.29 is 4.48 Å². The summed E-state index contributed by atoms with van der Waals surface area (Å²) in [6.07, 6.45) is 5.54. The fraction of sp³-hybridized carbons (Fsp3) is 0.727. The lowest BCUT2D eigenvalue weighted by Gasteiger charge is -2.43. The number of hydrogen-bond acceptors (Lipinski definition) is 2. The van der Waals surface area contributed by atoms with Crippen LogP contribution in [0.1, 0.15) is 49.7 Å². The minimum Gasteiger partial charge on any atom is -0.325 e. The van der Waals surface area contributed by atoms with E-state index in [0.717, 1.165) is 24.9 Å². The lowest BCUT2D eigenvalue weighted by atomic mass is 9.71. The molecule has 1 N–H and O–H groups in total. The lowest BCUT2D eigenvalue weighted by molar-refractivity contribution is -0.910. The molecule has 3 rings (SSSR count). The molecule has 1 atom stereocenters. The summed E-state index contributed by atoms with van der Waals surface area (Å²) in [5.74, 6) is 1.72. The Balaban J connectivity index is 1.45. The third-order valence-electron chi connectivity index (χ3n) is 6.66. The van der Waals surface area contributed by atoms with Gasteiger partial charge in [0.2, 0.25) is 0 Å². The van der Waals surface area contributed by atoms with Crippen LogP contribution in [0.5, 0.6) is 0 Å². The molecule has 1 aliphatic carbocycles. The molecule has 140 valence electrons. The average Bonchev–Trinajstić information content (AvgIpc) is 3.10. The first-order chi connectivity index (χ1) is 12.1. The van der Waals surface area contributed by atoms with Crippen LogP contribution in [0, 0.1) is 5.92 Å². The first kappa shape index (κ1) is 18.9. The van der Waals surface area contributed by atoms with Crippen molar-refractivity contribution in [3.05, 3.63) is 35.4 Å². The Kier molecular flexibility index (Phi) is 6.54. The Morgan fingerprint density at radius 1 is 1.12 bits per heavy atom. The van der Waals surface area contributed by atoms with Gasteiger partial charge in [0, 0.05) is 19.0 Å². The van der Waals surface area contributed by atoms with Crippen LogP contribution < -0.4 is 5.32 Å². The number of rotatable bonds is 9. The van der Waals surface area contributed by atoms with Crippen molar-refractivity contribution in [1.82, 2.24) is 10.2 Å². The van der Waals surface area contributed by atoms with Gasteiger partial charge in [-0.2, -0.15) is 0 Å². The summed E-state index contributed by atoms with van der Waals surface area (Å²) in [6, 6.07) is 9.56. The molecule has 0 amide bonds. The second-order valence-electron chi connectivity index (χ2n) is 8.70. The van der Waals surface area contributed by atoms with Crippen LogP contribution in [0.3, 0.4) is 0 Å². The quantitative estimate of drug-likeness (QED) is 0.690. The Bertz CT molecular complexity index is 515. The van der Waals surface area contributed by atoms with Crippen LogP contribution in [0.4, 0.5) is 0 Å². The number of nitrogens with zero attached hydrogens (tertiary/aromatic N) is 2. The molecule has 2 fully saturated rings. The largest absolute Gasteiger partial charge is 0.325 e. The van der Waals surface area contributed by atoms with Crippen molar-refractivity contribution >= 4 is 0 Å². The zero-order valence-corrected chi connectivity index (χ0v) is 16.6. The van der Waals surface area contributed by atoms with E-state index in [1.807, 2.05) is 0 Å². The second kappa shape index (κ2) is 8.66. The first-order valence-electron chi connectivity index (χ1n) is 10.4. The summed E-state index contributed by atoms with van der Waals surface area (Å²) in [4.78, 5) is 2.59. The number of likely N-dealkylation sites (tertiary alicyclic amines) is 1. The van der Waals surface area contributed by atoms with Gasteiger partial charge >= 0.3 is 0 Å². The van der Waals surface area contributed by atoms with Crippen molar-refractivity contribution in [2.75, 3.05) is 53.4 Å². The molecule has 0 bridgehead atoms. The van der Waals surface area contributed by atoms with Crippen molar-refractivity contribution in [3.63, 3.8) is 0 Å². The summed E-state index contributed by atoms with van der Waals surface area (Å²) in [7, 11) is 4.49. The molecule has 25 heavy (non-hydrogen) atoms. The van der Waals surface area contributed by atoms with Crippen molar-refractivity contribution in [2.24, 2.45) is 5.92 Å². The summed E-state index contributed by atoms with van der Waals surface area (Å²) < 4.78 is 1.22. The Labute approximate surface area is 155 Å². The molecule has 0 aromatic heterocycles. The SMILES string of the molecule is CC[N+](C)(CCNC)CC1CC(c2ccc(CN3CCCC3)cc2)C1. The van der Waals surface area contributed by atoms with Crippen LogP contribution in [0.25, 0.3) is 0 Å². The van der Waals surface area contributed by atoms with Crippen LogP contribution in [-0.4, -0.2) is 62.7 Å². The van der Waals surface area contributed by atoms with E-state index >= 15 is 0 Å². The number of nitrogens with one attached hydrogen (secondary N) is 1. The fourth-order valence-electron chi connectivity index (χ4n) is 4.63. The molecule has 1 saturated heterocycles. The number of likely N-dealkylation sites (N-methyl/N-ethyl adjacent to an activating group) is 2. The molecule has 0 radical (unpaired) electrons. The lowest BCUT2D eigenvalue weighted by Crippen LogP contribution is -2.51. The molecule has 1 aromatic carbocycles. The highest BCUT2D eigenvalue weighted by atomic mass is 15.3. The van der Waals surface area contributed by atoms with E-state index in [2.05, 4.69) is 55.5 Å². The summed E-state index contributed by atoms with van der Waals surface area (Å²) in [6.45, 7) is 11.0. The predicted octanol–water partition coefficient (Wildman–Crippen LogP) is 3.46. The third kappa shape index (κ3) is 5.06. The van der Waals surface area contributed by atoms with Crippen molar-refractivity contribution in [3.8, 4) is 0 Å². The monoisotopic (exact) mass is 344 g/mol. The highest BCUT2D eigenvalue weighted by Gasteiger charge is 2.35. The average molecular weight is 345 g/mol. The van der Waals surface area contributed by atoms with Gasteiger partial charge in [0.15, 0.2) is 0 Å². The Morgan fingerprint density at radius 2 is 1.80 bits per heavy atom. The van der Waals surface area contributed by atoms with Gasteiger partial charge < -0.3 is 9.80 Å².